The van der Waals surface area contributed by atoms with Gasteiger partial charge in [-0.1, -0.05) is 12.1 Å². The van der Waals surface area contributed by atoms with Crippen LogP contribution < -0.4 is 19.9 Å². The summed E-state index contributed by atoms with van der Waals surface area (Å²) in [6, 6.07) is 10.6. The van der Waals surface area contributed by atoms with Crippen molar-refractivity contribution in [2.24, 2.45) is 5.14 Å². The molecule has 0 saturated carbocycles. The van der Waals surface area contributed by atoms with Gasteiger partial charge in [-0.3, -0.25) is 0 Å². The zero-order valence-electron chi connectivity index (χ0n) is 14.8. The molecule has 0 aliphatic carbocycles. The van der Waals surface area contributed by atoms with Crippen LogP contribution in [-0.2, 0) is 23.0 Å². The lowest BCUT2D eigenvalue weighted by Crippen LogP contribution is -2.17. The van der Waals surface area contributed by atoms with E-state index in [9.17, 15) is 8.42 Å². The van der Waals surface area contributed by atoms with Crippen molar-refractivity contribution in [1.29, 1.82) is 0 Å². The molecule has 2 rings (SSSR count). The highest BCUT2D eigenvalue weighted by Gasteiger charge is 2.11. The van der Waals surface area contributed by atoms with Gasteiger partial charge in [0.25, 0.3) is 0 Å². The molecular weight excluding hydrogens is 420 g/mol. The Morgan fingerprint density at radius 3 is 2.42 bits per heavy atom. The molecule has 2 aromatic rings. The maximum atomic E-state index is 11.3. The van der Waals surface area contributed by atoms with Gasteiger partial charge in [0.1, 0.15) is 0 Å². The van der Waals surface area contributed by atoms with Crippen LogP contribution in [0.25, 0.3) is 0 Å². The van der Waals surface area contributed by atoms with Gasteiger partial charge in [-0.15, -0.1) is 0 Å². The number of methoxy groups -OCH3 is 1. The molecule has 0 spiro atoms. The van der Waals surface area contributed by atoms with E-state index in [0.29, 0.717) is 24.7 Å². The first-order chi connectivity index (χ1) is 12.3. The zero-order chi connectivity index (χ0) is 19.2. The summed E-state index contributed by atoms with van der Waals surface area (Å²) in [5, 5.41) is 8.47. The minimum absolute atomic E-state index is 0.126. The summed E-state index contributed by atoms with van der Waals surface area (Å²) in [4.78, 5) is 0.126. The number of primary sulfonamides is 1. The number of sulfonamides is 1. The largest absolute Gasteiger partial charge is 0.492 e. The molecule has 0 bridgehead atoms. The summed E-state index contributed by atoms with van der Waals surface area (Å²) in [6.45, 7) is 3.92. The molecule has 142 valence electrons. The van der Waals surface area contributed by atoms with Gasteiger partial charge >= 0.3 is 0 Å². The number of hydrogen-bond donors (Lipinski definition) is 2. The molecule has 0 unspecified atom stereocenters. The Hall–Kier alpha value is -1.61. The summed E-state index contributed by atoms with van der Waals surface area (Å²) in [7, 11) is -2.03. The lowest BCUT2D eigenvalue weighted by molar-refractivity contribution is 0.309. The molecule has 6 nitrogen and oxygen atoms in total. The highest BCUT2D eigenvalue weighted by Crippen LogP contribution is 2.36. The lowest BCUT2D eigenvalue weighted by atomic mass is 10.1. The van der Waals surface area contributed by atoms with E-state index >= 15 is 0 Å². The van der Waals surface area contributed by atoms with Crippen molar-refractivity contribution in [3.63, 3.8) is 0 Å². The van der Waals surface area contributed by atoms with Gasteiger partial charge in [0.2, 0.25) is 10.0 Å². The van der Waals surface area contributed by atoms with Crippen LogP contribution in [-0.4, -0.2) is 28.7 Å². The minimum atomic E-state index is -3.64. The third kappa shape index (κ3) is 5.70. The van der Waals surface area contributed by atoms with E-state index in [1.807, 2.05) is 19.1 Å². The van der Waals surface area contributed by atoms with Crippen LogP contribution in [0, 0.1) is 0 Å². The summed E-state index contributed by atoms with van der Waals surface area (Å²) in [6.07, 6.45) is 0.778. The second-order valence-corrected chi connectivity index (χ2v) is 8.07. The molecule has 26 heavy (non-hydrogen) atoms. The van der Waals surface area contributed by atoms with Crippen molar-refractivity contribution in [2.45, 2.75) is 24.8 Å². The number of hydrogen-bond acceptors (Lipinski definition) is 5. The normalized spacial score (nSPS) is 11.4. The Kier molecular flexibility index (Phi) is 7.45. The van der Waals surface area contributed by atoms with Gasteiger partial charge < -0.3 is 14.8 Å². The topological polar surface area (TPSA) is 90.6 Å². The van der Waals surface area contributed by atoms with Gasteiger partial charge in [-0.2, -0.15) is 0 Å². The Morgan fingerprint density at radius 2 is 1.85 bits per heavy atom. The Bertz CT molecular complexity index is 839. The standard InChI is InChI=1S/C18H23BrN2O4S/c1-3-25-17-11-14(10-16(19)18(17)24-2)12-21-9-8-13-4-6-15(7-5-13)26(20,22)23/h4-7,10-11,21H,3,8-9,12H2,1-2H3,(H2,20,22,23). The Balaban J connectivity index is 1.91. The molecule has 0 saturated heterocycles. The van der Waals surface area contributed by atoms with Gasteiger partial charge in [-0.05, 0) is 71.2 Å². The molecule has 0 aromatic heterocycles. The van der Waals surface area contributed by atoms with Crippen molar-refractivity contribution in [3.8, 4) is 11.5 Å². The molecule has 0 heterocycles. The minimum Gasteiger partial charge on any atom is -0.492 e. The van der Waals surface area contributed by atoms with Crippen LogP contribution in [0.2, 0.25) is 0 Å². The third-order valence-electron chi connectivity index (χ3n) is 3.74. The zero-order valence-corrected chi connectivity index (χ0v) is 17.2. The molecule has 0 aliphatic heterocycles. The van der Waals surface area contributed by atoms with E-state index in [0.717, 1.165) is 28.6 Å². The second-order valence-electron chi connectivity index (χ2n) is 5.66. The van der Waals surface area contributed by atoms with Crippen LogP contribution in [0.15, 0.2) is 45.8 Å². The molecule has 8 heteroatoms. The van der Waals surface area contributed by atoms with Crippen LogP contribution in [0.1, 0.15) is 18.1 Å². The van der Waals surface area contributed by atoms with Crippen molar-refractivity contribution >= 4 is 26.0 Å². The lowest BCUT2D eigenvalue weighted by Gasteiger charge is -2.13. The van der Waals surface area contributed by atoms with E-state index in [1.54, 1.807) is 19.2 Å². The number of rotatable bonds is 9. The maximum absolute atomic E-state index is 11.3. The van der Waals surface area contributed by atoms with Gasteiger partial charge in [0.05, 0.1) is 23.1 Å². The average Bonchev–Trinajstić information content (AvgIpc) is 2.58. The SMILES string of the molecule is CCOc1cc(CNCCc2ccc(S(N)(=O)=O)cc2)cc(Br)c1OC. The van der Waals surface area contributed by atoms with E-state index in [2.05, 4.69) is 21.2 Å². The molecule has 0 fully saturated rings. The molecule has 0 aliphatic rings. The second kappa shape index (κ2) is 9.36. The monoisotopic (exact) mass is 442 g/mol. The number of benzene rings is 2. The van der Waals surface area contributed by atoms with Crippen LogP contribution in [0.3, 0.4) is 0 Å². The highest BCUT2D eigenvalue weighted by molar-refractivity contribution is 9.10. The predicted molar refractivity (Wildman–Crippen MR) is 105 cm³/mol. The van der Waals surface area contributed by atoms with Crippen molar-refractivity contribution < 1.29 is 17.9 Å². The maximum Gasteiger partial charge on any atom is 0.238 e. The van der Waals surface area contributed by atoms with Crippen LogP contribution in [0.4, 0.5) is 0 Å². The quantitative estimate of drug-likeness (QED) is 0.582. The molecular formula is C18H23BrN2O4S. The van der Waals surface area contributed by atoms with E-state index in [-0.39, 0.29) is 4.90 Å². The predicted octanol–water partition coefficient (Wildman–Crippen LogP) is 2.84. The number of nitrogens with two attached hydrogens (primary N) is 1. The molecule has 0 amide bonds. The average molecular weight is 443 g/mol. The summed E-state index contributed by atoms with van der Waals surface area (Å²) >= 11 is 3.50. The fourth-order valence-electron chi connectivity index (χ4n) is 2.50. The van der Waals surface area contributed by atoms with Gasteiger partial charge in [0.15, 0.2) is 11.5 Å². The number of ether oxygens (including phenoxy) is 2. The first-order valence-electron chi connectivity index (χ1n) is 8.16. The highest BCUT2D eigenvalue weighted by atomic mass is 79.9. The van der Waals surface area contributed by atoms with Gasteiger partial charge in [0, 0.05) is 6.54 Å². The molecule has 3 N–H and O–H groups in total. The van der Waals surface area contributed by atoms with Crippen molar-refractivity contribution in [2.75, 3.05) is 20.3 Å². The van der Waals surface area contributed by atoms with Gasteiger partial charge in [-0.25, -0.2) is 13.6 Å². The fourth-order valence-corrected chi connectivity index (χ4v) is 3.66. The van der Waals surface area contributed by atoms with Crippen molar-refractivity contribution in [1.82, 2.24) is 5.32 Å². The summed E-state index contributed by atoms with van der Waals surface area (Å²) in [5.41, 5.74) is 2.11. The van der Waals surface area contributed by atoms with Crippen molar-refractivity contribution in [3.05, 3.63) is 52.0 Å². The summed E-state index contributed by atoms with van der Waals surface area (Å²) < 4.78 is 34.3. The summed E-state index contributed by atoms with van der Waals surface area (Å²) in [5.74, 6) is 1.39. The van der Waals surface area contributed by atoms with E-state index < -0.39 is 10.0 Å². The first-order valence-corrected chi connectivity index (χ1v) is 10.5. The van der Waals surface area contributed by atoms with E-state index in [4.69, 9.17) is 14.6 Å². The number of nitrogens with one attached hydrogen (secondary N) is 1. The Morgan fingerprint density at radius 1 is 1.15 bits per heavy atom. The smallest absolute Gasteiger partial charge is 0.238 e. The third-order valence-corrected chi connectivity index (χ3v) is 5.26. The van der Waals surface area contributed by atoms with E-state index in [1.165, 1.54) is 12.1 Å². The molecule has 2 aromatic carbocycles. The Labute approximate surface area is 162 Å². The molecule has 0 radical (unpaired) electrons. The number of halogens is 1. The van der Waals surface area contributed by atoms with Crippen LogP contribution >= 0.6 is 15.9 Å². The first kappa shape index (κ1) is 20.7. The molecule has 0 atom stereocenters. The fraction of sp³-hybridized carbons (Fsp3) is 0.333. The van der Waals surface area contributed by atoms with Crippen LogP contribution in [0.5, 0.6) is 11.5 Å².